The normalized spacial score (nSPS) is 11.8. The topological polar surface area (TPSA) is 25.5 Å². The first-order valence-corrected chi connectivity index (χ1v) is 8.54. The zero-order valence-corrected chi connectivity index (χ0v) is 14.6. The molecule has 0 aliphatic heterocycles. The Morgan fingerprint density at radius 2 is 1.52 bits per heavy atom. The fraction of sp³-hybridized carbons (Fsp3) is 0. The Balaban J connectivity index is 2.02. The van der Waals surface area contributed by atoms with Crippen LogP contribution in [0.5, 0.6) is 0 Å². The minimum Gasteiger partial charge on any atom is -0.456 e. The molecule has 4 aromatic rings. The molecule has 0 radical (unpaired) electrons. The Kier molecular flexibility index (Phi) is 4.31. The van der Waals surface area contributed by atoms with Crippen molar-refractivity contribution in [3.8, 4) is 11.3 Å². The van der Waals surface area contributed by atoms with Gasteiger partial charge in [0, 0.05) is 27.1 Å². The summed E-state index contributed by atoms with van der Waals surface area (Å²) in [6.07, 6.45) is 0. The minimum atomic E-state index is 0.637. The van der Waals surface area contributed by atoms with Gasteiger partial charge in [-0.2, -0.15) is 0 Å². The van der Waals surface area contributed by atoms with E-state index in [1.807, 2.05) is 78.9 Å². The van der Waals surface area contributed by atoms with E-state index in [0.29, 0.717) is 10.0 Å². The van der Waals surface area contributed by atoms with Crippen LogP contribution in [0.1, 0.15) is 0 Å². The van der Waals surface area contributed by atoms with Crippen LogP contribution in [-0.4, -0.2) is 0 Å². The van der Waals surface area contributed by atoms with Crippen LogP contribution in [0.15, 0.2) is 88.3 Å². The van der Waals surface area contributed by atoms with E-state index in [1.165, 1.54) is 0 Å². The fourth-order valence-electron chi connectivity index (χ4n) is 2.66. The maximum Gasteiger partial charge on any atom is 0.136 e. The summed E-state index contributed by atoms with van der Waals surface area (Å²) in [6, 6.07) is 24.8. The van der Waals surface area contributed by atoms with Gasteiger partial charge < -0.3 is 4.42 Å². The van der Waals surface area contributed by atoms with Crippen molar-refractivity contribution in [1.82, 2.24) is 0 Å². The molecule has 0 saturated heterocycles. The van der Waals surface area contributed by atoms with Gasteiger partial charge in [0.2, 0.25) is 0 Å². The fourth-order valence-corrected chi connectivity index (χ4v) is 3.02. The number of benzene rings is 3. The van der Waals surface area contributed by atoms with E-state index < -0.39 is 0 Å². The van der Waals surface area contributed by atoms with Crippen LogP contribution >= 0.6 is 23.2 Å². The monoisotopic (exact) mass is 365 g/mol. The molecule has 0 spiro atoms. The van der Waals surface area contributed by atoms with Crippen molar-refractivity contribution in [3.05, 3.63) is 94.3 Å². The van der Waals surface area contributed by atoms with Gasteiger partial charge in [0.25, 0.3) is 0 Å². The zero-order chi connectivity index (χ0) is 17.2. The van der Waals surface area contributed by atoms with Gasteiger partial charge in [0.1, 0.15) is 11.3 Å². The van der Waals surface area contributed by atoms with E-state index in [1.54, 1.807) is 0 Å². The first kappa shape index (κ1) is 15.9. The smallest absolute Gasteiger partial charge is 0.136 e. The lowest BCUT2D eigenvalue weighted by atomic mass is 10.1. The molecule has 122 valence electrons. The van der Waals surface area contributed by atoms with Gasteiger partial charge in [-0.1, -0.05) is 59.6 Å². The van der Waals surface area contributed by atoms with Gasteiger partial charge in [0.05, 0.1) is 11.0 Å². The Morgan fingerprint density at radius 1 is 0.720 bits per heavy atom. The molecule has 0 aliphatic carbocycles. The quantitative estimate of drug-likeness (QED) is 0.390. The molecule has 3 aromatic carbocycles. The average molecular weight is 366 g/mol. The number of nitrogens with zero attached hydrogens (tertiary/aromatic N) is 1. The van der Waals surface area contributed by atoms with E-state index in [9.17, 15) is 0 Å². The second-order valence-corrected chi connectivity index (χ2v) is 6.47. The van der Waals surface area contributed by atoms with Crippen molar-refractivity contribution in [2.24, 2.45) is 4.99 Å². The third kappa shape index (κ3) is 3.46. The molecule has 1 heterocycles. The number of fused-ring (bicyclic) bond motifs is 1. The molecule has 4 heteroatoms. The molecule has 2 nitrogen and oxygen atoms in total. The van der Waals surface area contributed by atoms with Crippen LogP contribution < -0.4 is 5.36 Å². The molecule has 25 heavy (non-hydrogen) atoms. The molecule has 1 aromatic heterocycles. The molecule has 0 N–H and O–H groups in total. The van der Waals surface area contributed by atoms with Crippen LogP contribution in [0.2, 0.25) is 10.0 Å². The summed E-state index contributed by atoms with van der Waals surface area (Å²) in [5.41, 5.74) is 2.49. The van der Waals surface area contributed by atoms with E-state index in [0.717, 1.165) is 33.3 Å². The highest BCUT2D eigenvalue weighted by Crippen LogP contribution is 2.25. The second-order valence-electron chi connectivity index (χ2n) is 5.59. The van der Waals surface area contributed by atoms with Gasteiger partial charge in [0.15, 0.2) is 0 Å². The van der Waals surface area contributed by atoms with Gasteiger partial charge in [-0.25, -0.2) is 4.99 Å². The second kappa shape index (κ2) is 6.75. The van der Waals surface area contributed by atoms with Crippen molar-refractivity contribution in [1.29, 1.82) is 0 Å². The number of hydrogen-bond acceptors (Lipinski definition) is 2. The first-order chi connectivity index (χ1) is 12.2. The first-order valence-electron chi connectivity index (χ1n) is 7.78. The third-order valence-electron chi connectivity index (χ3n) is 3.82. The standard InChI is InChI=1S/C21H13Cl2NO/c22-15-7-4-8-17(11-15)24-19-13-21(14-5-2-1-3-6-14)25-20-10-9-16(23)12-18(19)20/h1-13H. The van der Waals surface area contributed by atoms with Crippen LogP contribution in [0.4, 0.5) is 5.69 Å². The molecule has 0 unspecified atom stereocenters. The lowest BCUT2D eigenvalue weighted by molar-refractivity contribution is 0.618. The van der Waals surface area contributed by atoms with Gasteiger partial charge in [-0.15, -0.1) is 0 Å². The molecule has 0 aliphatic rings. The van der Waals surface area contributed by atoms with Crippen molar-refractivity contribution in [2.45, 2.75) is 0 Å². The summed E-state index contributed by atoms with van der Waals surface area (Å²) in [5.74, 6) is 0.746. The van der Waals surface area contributed by atoms with Crippen molar-refractivity contribution >= 4 is 39.9 Å². The minimum absolute atomic E-state index is 0.637. The Morgan fingerprint density at radius 3 is 2.32 bits per heavy atom. The highest BCUT2D eigenvalue weighted by Gasteiger charge is 2.07. The Hall–Kier alpha value is -2.55. The van der Waals surface area contributed by atoms with Crippen LogP contribution in [0.25, 0.3) is 22.3 Å². The zero-order valence-electron chi connectivity index (χ0n) is 13.1. The van der Waals surface area contributed by atoms with E-state index >= 15 is 0 Å². The molecule has 0 atom stereocenters. The highest BCUT2D eigenvalue weighted by molar-refractivity contribution is 6.31. The largest absolute Gasteiger partial charge is 0.456 e. The molecule has 0 fully saturated rings. The van der Waals surface area contributed by atoms with E-state index in [4.69, 9.17) is 32.6 Å². The van der Waals surface area contributed by atoms with Gasteiger partial charge in [-0.05, 0) is 36.4 Å². The predicted octanol–water partition coefficient (Wildman–Crippen LogP) is 6.64. The third-order valence-corrected chi connectivity index (χ3v) is 4.29. The summed E-state index contributed by atoms with van der Waals surface area (Å²) in [6.45, 7) is 0. The average Bonchev–Trinajstić information content (AvgIpc) is 2.63. The van der Waals surface area contributed by atoms with Crippen molar-refractivity contribution in [2.75, 3.05) is 0 Å². The maximum atomic E-state index is 6.17. The molecular formula is C21H13Cl2NO. The number of halogens is 2. The lowest BCUT2D eigenvalue weighted by Gasteiger charge is -2.05. The molecule has 4 rings (SSSR count). The molecular weight excluding hydrogens is 353 g/mol. The summed E-state index contributed by atoms with van der Waals surface area (Å²) in [5, 5.41) is 2.92. The summed E-state index contributed by atoms with van der Waals surface area (Å²) in [4.78, 5) is 4.75. The lowest BCUT2D eigenvalue weighted by Crippen LogP contribution is -2.03. The Labute approximate surface area is 155 Å². The van der Waals surface area contributed by atoms with Gasteiger partial charge >= 0.3 is 0 Å². The number of hydrogen-bond donors (Lipinski definition) is 0. The Bertz CT molecular complexity index is 1120. The van der Waals surface area contributed by atoms with E-state index in [-0.39, 0.29) is 0 Å². The summed E-state index contributed by atoms with van der Waals surface area (Å²) in [7, 11) is 0. The van der Waals surface area contributed by atoms with Crippen LogP contribution in [0, 0.1) is 0 Å². The van der Waals surface area contributed by atoms with Crippen molar-refractivity contribution in [3.63, 3.8) is 0 Å². The molecule has 0 saturated carbocycles. The number of rotatable bonds is 2. The van der Waals surface area contributed by atoms with Crippen LogP contribution in [0.3, 0.4) is 0 Å². The summed E-state index contributed by atoms with van der Waals surface area (Å²) < 4.78 is 6.06. The van der Waals surface area contributed by atoms with E-state index in [2.05, 4.69) is 0 Å². The van der Waals surface area contributed by atoms with Gasteiger partial charge in [-0.3, -0.25) is 0 Å². The van der Waals surface area contributed by atoms with Crippen LogP contribution in [-0.2, 0) is 0 Å². The molecule has 0 bridgehead atoms. The SMILES string of the molecule is Clc1cccc(N=c2cc(-c3ccccc3)oc3ccc(Cl)cc23)c1. The maximum absolute atomic E-state index is 6.17. The predicted molar refractivity (Wildman–Crippen MR) is 103 cm³/mol. The highest BCUT2D eigenvalue weighted by atomic mass is 35.5. The molecule has 0 amide bonds. The van der Waals surface area contributed by atoms with Crippen molar-refractivity contribution < 1.29 is 4.42 Å². The summed E-state index contributed by atoms with van der Waals surface area (Å²) >= 11 is 12.3.